The Hall–Kier alpha value is 0.460. The Morgan fingerprint density at radius 1 is 1.73 bits per heavy atom. The van der Waals surface area contributed by atoms with Gasteiger partial charge in [0, 0.05) is 11.1 Å². The van der Waals surface area contributed by atoms with Crippen LogP contribution in [0.25, 0.3) is 0 Å². The average Bonchev–Trinajstić information content (AvgIpc) is 2.31. The van der Waals surface area contributed by atoms with Gasteiger partial charge < -0.3 is 0 Å². The summed E-state index contributed by atoms with van der Waals surface area (Å²) in [6, 6.07) is 0. The van der Waals surface area contributed by atoms with E-state index in [4.69, 9.17) is 0 Å². The lowest BCUT2D eigenvalue weighted by atomic mass is 10.3. The molecule has 0 unspecified atom stereocenters. The van der Waals surface area contributed by atoms with Crippen LogP contribution in [0.3, 0.4) is 0 Å². The molecule has 62 valence electrons. The number of aromatic nitrogens is 1. The van der Waals surface area contributed by atoms with Crippen molar-refractivity contribution in [2.45, 2.75) is 18.2 Å². The predicted octanol–water partition coefficient (Wildman–Crippen LogP) is 3.65. The maximum Gasteiger partial charge on any atom is 0.151 e. The summed E-state index contributed by atoms with van der Waals surface area (Å²) in [6.45, 7) is 4.44. The van der Waals surface area contributed by atoms with Gasteiger partial charge in [0.05, 0.1) is 0 Å². The van der Waals surface area contributed by atoms with Crippen molar-refractivity contribution in [2.75, 3.05) is 5.75 Å². The summed E-state index contributed by atoms with van der Waals surface area (Å²) in [7, 11) is 0. The minimum absolute atomic E-state index is 0.739. The van der Waals surface area contributed by atoms with Gasteiger partial charge in [0.25, 0.3) is 0 Å². The van der Waals surface area contributed by atoms with Gasteiger partial charge >= 0.3 is 0 Å². The molecule has 1 nitrogen and oxygen atoms in total. The van der Waals surface area contributed by atoms with E-state index in [0.29, 0.717) is 0 Å². The van der Waals surface area contributed by atoms with Crippen LogP contribution in [0.15, 0.2) is 14.3 Å². The highest BCUT2D eigenvalue weighted by atomic mass is 79.9. The maximum atomic E-state index is 4.28. The van der Waals surface area contributed by atoms with Crippen molar-refractivity contribution in [3.8, 4) is 0 Å². The van der Waals surface area contributed by atoms with E-state index >= 15 is 0 Å². The topological polar surface area (TPSA) is 12.9 Å². The summed E-state index contributed by atoms with van der Waals surface area (Å²) in [5, 5.41) is 2.02. The molecule has 1 aromatic rings. The van der Waals surface area contributed by atoms with Gasteiger partial charge in [-0.2, -0.15) is 0 Å². The van der Waals surface area contributed by atoms with Gasteiger partial charge in [-0.15, -0.1) is 11.3 Å². The summed E-state index contributed by atoms with van der Waals surface area (Å²) < 4.78 is 2.11. The smallest absolute Gasteiger partial charge is 0.151 e. The quantitative estimate of drug-likeness (QED) is 0.761. The molecule has 11 heavy (non-hydrogen) atoms. The number of halogens is 1. The van der Waals surface area contributed by atoms with Crippen LogP contribution >= 0.6 is 39.0 Å². The molecule has 1 rings (SSSR count). The zero-order chi connectivity index (χ0) is 8.27. The standard InChI is InChI=1S/C7H10BrNS2/c1-5(2)3-10-7-9-6(8)4-11-7/h4-5H,3H2,1-2H3. The molecule has 4 heteroatoms. The van der Waals surface area contributed by atoms with Crippen LogP contribution in [0.1, 0.15) is 13.8 Å². The first-order valence-electron chi connectivity index (χ1n) is 3.42. The molecule has 0 aliphatic heterocycles. The van der Waals surface area contributed by atoms with E-state index in [0.717, 1.165) is 20.6 Å². The highest BCUT2D eigenvalue weighted by molar-refractivity contribution is 9.10. The van der Waals surface area contributed by atoms with Crippen molar-refractivity contribution >= 4 is 39.0 Å². The Kier molecular flexibility index (Phi) is 3.89. The van der Waals surface area contributed by atoms with E-state index in [9.17, 15) is 0 Å². The molecule has 0 spiro atoms. The third-order valence-electron chi connectivity index (χ3n) is 0.995. The van der Waals surface area contributed by atoms with Crippen LogP contribution in [0.4, 0.5) is 0 Å². The van der Waals surface area contributed by atoms with Gasteiger partial charge in [-0.1, -0.05) is 25.6 Å². The van der Waals surface area contributed by atoms with Crippen molar-refractivity contribution in [1.82, 2.24) is 4.98 Å². The number of rotatable bonds is 3. The number of thioether (sulfide) groups is 1. The Balaban J connectivity index is 2.39. The molecule has 0 saturated carbocycles. The van der Waals surface area contributed by atoms with Crippen molar-refractivity contribution in [2.24, 2.45) is 5.92 Å². The largest absolute Gasteiger partial charge is 0.223 e. The fourth-order valence-electron chi connectivity index (χ4n) is 0.543. The third kappa shape index (κ3) is 3.58. The van der Waals surface area contributed by atoms with E-state index < -0.39 is 0 Å². The zero-order valence-corrected chi connectivity index (χ0v) is 9.72. The van der Waals surface area contributed by atoms with Gasteiger partial charge in [0.1, 0.15) is 4.60 Å². The molecule has 1 aromatic heterocycles. The minimum Gasteiger partial charge on any atom is -0.223 e. The number of thiazole rings is 1. The zero-order valence-electron chi connectivity index (χ0n) is 6.50. The number of hydrogen-bond acceptors (Lipinski definition) is 3. The Morgan fingerprint density at radius 2 is 2.45 bits per heavy atom. The fourth-order valence-corrected chi connectivity index (χ4v) is 2.90. The first-order chi connectivity index (χ1) is 5.18. The highest BCUT2D eigenvalue weighted by Crippen LogP contribution is 2.26. The lowest BCUT2D eigenvalue weighted by Gasteiger charge is -1.99. The number of nitrogens with zero attached hydrogens (tertiary/aromatic N) is 1. The van der Waals surface area contributed by atoms with Gasteiger partial charge in [-0.05, 0) is 21.8 Å². The molecule has 0 radical (unpaired) electrons. The monoisotopic (exact) mass is 251 g/mol. The summed E-state index contributed by atoms with van der Waals surface area (Å²) in [4.78, 5) is 4.28. The lowest BCUT2D eigenvalue weighted by Crippen LogP contribution is -1.89. The van der Waals surface area contributed by atoms with Crippen LogP contribution in [0.5, 0.6) is 0 Å². The molecule has 0 bridgehead atoms. The maximum absolute atomic E-state index is 4.28. The van der Waals surface area contributed by atoms with E-state index in [1.165, 1.54) is 0 Å². The first-order valence-corrected chi connectivity index (χ1v) is 6.08. The molecule has 0 amide bonds. The first kappa shape index (κ1) is 9.55. The second-order valence-electron chi connectivity index (χ2n) is 2.64. The molecule has 1 heterocycles. The fraction of sp³-hybridized carbons (Fsp3) is 0.571. The van der Waals surface area contributed by atoms with E-state index in [1.54, 1.807) is 11.3 Å². The van der Waals surface area contributed by atoms with Gasteiger partial charge in [-0.3, -0.25) is 0 Å². The number of hydrogen-bond donors (Lipinski definition) is 0. The van der Waals surface area contributed by atoms with Gasteiger partial charge in [0.15, 0.2) is 4.34 Å². The van der Waals surface area contributed by atoms with Crippen molar-refractivity contribution in [3.63, 3.8) is 0 Å². The minimum atomic E-state index is 0.739. The van der Waals surface area contributed by atoms with E-state index in [-0.39, 0.29) is 0 Å². The average molecular weight is 252 g/mol. The second-order valence-corrected chi connectivity index (χ2v) is 5.58. The highest BCUT2D eigenvalue weighted by Gasteiger charge is 2.01. The summed E-state index contributed by atoms with van der Waals surface area (Å²) in [5.74, 6) is 1.89. The van der Waals surface area contributed by atoms with E-state index in [1.807, 2.05) is 17.1 Å². The molecule has 0 fully saturated rings. The molecule has 0 atom stereocenters. The molecule has 0 aliphatic carbocycles. The summed E-state index contributed by atoms with van der Waals surface area (Å²) >= 11 is 6.85. The van der Waals surface area contributed by atoms with E-state index in [2.05, 4.69) is 34.8 Å². The SMILES string of the molecule is CC(C)CSc1nc(Br)cs1. The molecule has 0 saturated heterocycles. The lowest BCUT2D eigenvalue weighted by molar-refractivity contribution is 0.750. The summed E-state index contributed by atoms with van der Waals surface area (Å²) in [6.07, 6.45) is 0. The van der Waals surface area contributed by atoms with Crippen molar-refractivity contribution in [3.05, 3.63) is 9.98 Å². The normalized spacial score (nSPS) is 10.9. The Labute approximate surface area is 83.7 Å². The molecular weight excluding hydrogens is 242 g/mol. The van der Waals surface area contributed by atoms with Crippen molar-refractivity contribution in [1.29, 1.82) is 0 Å². The van der Waals surface area contributed by atoms with Crippen LogP contribution in [-0.4, -0.2) is 10.7 Å². The molecular formula is C7H10BrNS2. The predicted molar refractivity (Wildman–Crippen MR) is 55.4 cm³/mol. The third-order valence-corrected chi connectivity index (χ3v) is 4.15. The van der Waals surface area contributed by atoms with Crippen LogP contribution in [-0.2, 0) is 0 Å². The Bertz CT molecular complexity index is 222. The second kappa shape index (κ2) is 4.48. The van der Waals surface area contributed by atoms with Crippen LogP contribution in [0, 0.1) is 5.92 Å². The van der Waals surface area contributed by atoms with Crippen LogP contribution in [0.2, 0.25) is 0 Å². The molecule has 0 N–H and O–H groups in total. The van der Waals surface area contributed by atoms with Crippen molar-refractivity contribution < 1.29 is 0 Å². The molecule has 0 aliphatic rings. The van der Waals surface area contributed by atoms with Gasteiger partial charge in [-0.25, -0.2) is 4.98 Å². The Morgan fingerprint density at radius 3 is 2.91 bits per heavy atom. The summed E-state index contributed by atoms with van der Waals surface area (Å²) in [5.41, 5.74) is 0. The van der Waals surface area contributed by atoms with Crippen LogP contribution < -0.4 is 0 Å². The van der Waals surface area contributed by atoms with Gasteiger partial charge in [0.2, 0.25) is 0 Å². The molecule has 0 aromatic carbocycles.